The van der Waals surface area contributed by atoms with E-state index < -0.39 is 0 Å². The van der Waals surface area contributed by atoms with Gasteiger partial charge < -0.3 is 10.5 Å². The van der Waals surface area contributed by atoms with Gasteiger partial charge in [0.05, 0.1) is 6.61 Å². The van der Waals surface area contributed by atoms with E-state index in [0.29, 0.717) is 5.82 Å². The number of nitrogens with two attached hydrogens (primary N) is 1. The molecule has 0 radical (unpaired) electrons. The predicted octanol–water partition coefficient (Wildman–Crippen LogP) is 4.45. The van der Waals surface area contributed by atoms with Crippen LogP contribution in [-0.4, -0.2) is 21.0 Å². The lowest BCUT2D eigenvalue weighted by Gasteiger charge is -2.16. The molecule has 5 nitrogen and oxygen atoms in total. The Kier molecular flexibility index (Phi) is 4.66. The highest BCUT2D eigenvalue weighted by Gasteiger charge is 2.24. The third kappa shape index (κ3) is 3.45. The Morgan fingerprint density at radius 3 is 2.76 bits per heavy atom. The molecule has 0 spiro atoms. The minimum Gasteiger partial charge on any atom is -0.494 e. The van der Waals surface area contributed by atoms with Crippen LogP contribution in [-0.2, 0) is 5.41 Å². The van der Waals surface area contributed by atoms with E-state index in [1.165, 1.54) is 0 Å². The molecule has 0 aliphatic heterocycles. The van der Waals surface area contributed by atoms with Gasteiger partial charge in [0.2, 0.25) is 0 Å². The molecule has 3 aromatic rings. The summed E-state index contributed by atoms with van der Waals surface area (Å²) in [6.07, 6.45) is 5.79. The molecule has 0 bridgehead atoms. The summed E-state index contributed by atoms with van der Waals surface area (Å²) >= 11 is 0. The van der Waals surface area contributed by atoms with Crippen LogP contribution >= 0.6 is 0 Å². The van der Waals surface area contributed by atoms with Crippen molar-refractivity contribution in [3.63, 3.8) is 0 Å². The maximum absolute atomic E-state index is 6.18. The van der Waals surface area contributed by atoms with Crippen molar-refractivity contribution in [3.05, 3.63) is 42.5 Å². The van der Waals surface area contributed by atoms with Gasteiger partial charge in [-0.15, -0.1) is 0 Å². The SMILES string of the molecule is CCCCOc1cccc(-c2nc(C(C)(C)C)n3ccnc(N)c23)c1. The van der Waals surface area contributed by atoms with Crippen LogP contribution in [0.2, 0.25) is 0 Å². The topological polar surface area (TPSA) is 65.4 Å². The third-order valence-electron chi connectivity index (χ3n) is 4.13. The summed E-state index contributed by atoms with van der Waals surface area (Å²) < 4.78 is 7.89. The van der Waals surface area contributed by atoms with E-state index in [2.05, 4.69) is 32.7 Å². The molecule has 0 aliphatic carbocycles. The number of fused-ring (bicyclic) bond motifs is 1. The largest absolute Gasteiger partial charge is 0.494 e. The summed E-state index contributed by atoms with van der Waals surface area (Å²) in [5, 5.41) is 0. The Morgan fingerprint density at radius 2 is 2.04 bits per heavy atom. The fraction of sp³-hybridized carbons (Fsp3) is 0.400. The molecule has 0 saturated carbocycles. The number of rotatable bonds is 5. The number of benzene rings is 1. The van der Waals surface area contributed by atoms with Gasteiger partial charge in [-0.3, -0.25) is 4.40 Å². The summed E-state index contributed by atoms with van der Waals surface area (Å²) in [5.41, 5.74) is 8.75. The maximum Gasteiger partial charge on any atom is 0.150 e. The molecule has 1 aromatic carbocycles. The van der Waals surface area contributed by atoms with E-state index >= 15 is 0 Å². The summed E-state index contributed by atoms with van der Waals surface area (Å²) in [6, 6.07) is 8.03. The first kappa shape index (κ1) is 17.3. The molecular formula is C20H26N4O. The molecule has 0 saturated heterocycles. The van der Waals surface area contributed by atoms with Crippen LogP contribution in [0.5, 0.6) is 5.75 Å². The normalized spacial score (nSPS) is 11.8. The second kappa shape index (κ2) is 6.75. The second-order valence-electron chi connectivity index (χ2n) is 7.29. The van der Waals surface area contributed by atoms with Crippen molar-refractivity contribution in [3.8, 4) is 17.0 Å². The first-order valence-electron chi connectivity index (χ1n) is 8.78. The quantitative estimate of drug-likeness (QED) is 0.698. The molecule has 2 heterocycles. The molecule has 25 heavy (non-hydrogen) atoms. The van der Waals surface area contributed by atoms with E-state index in [1.807, 2.05) is 34.9 Å². The monoisotopic (exact) mass is 338 g/mol. The standard InChI is InChI=1S/C20H26N4O/c1-5-6-12-25-15-9-7-8-14(13-15)16-17-18(21)22-10-11-24(17)19(23-16)20(2,3)4/h7-11,13H,5-6,12H2,1-4H3,(H2,21,22). The van der Waals surface area contributed by atoms with Crippen LogP contribution in [0.25, 0.3) is 16.8 Å². The first-order valence-corrected chi connectivity index (χ1v) is 8.78. The molecule has 2 aromatic heterocycles. The minimum absolute atomic E-state index is 0.107. The lowest BCUT2D eigenvalue weighted by atomic mass is 9.96. The summed E-state index contributed by atoms with van der Waals surface area (Å²) in [6.45, 7) is 9.31. The Balaban J connectivity index is 2.11. The van der Waals surface area contributed by atoms with Gasteiger partial charge >= 0.3 is 0 Å². The van der Waals surface area contributed by atoms with Crippen molar-refractivity contribution >= 4 is 11.3 Å². The van der Waals surface area contributed by atoms with Gasteiger partial charge in [-0.2, -0.15) is 0 Å². The molecule has 132 valence electrons. The van der Waals surface area contributed by atoms with Crippen LogP contribution in [0.15, 0.2) is 36.7 Å². The molecular weight excluding hydrogens is 312 g/mol. The van der Waals surface area contributed by atoms with Gasteiger partial charge in [-0.1, -0.05) is 46.2 Å². The number of hydrogen-bond donors (Lipinski definition) is 1. The van der Waals surface area contributed by atoms with Crippen molar-refractivity contribution in [2.24, 2.45) is 0 Å². The molecule has 3 rings (SSSR count). The minimum atomic E-state index is -0.107. The fourth-order valence-electron chi connectivity index (χ4n) is 2.86. The van der Waals surface area contributed by atoms with Gasteiger partial charge in [0.15, 0.2) is 0 Å². The lowest BCUT2D eigenvalue weighted by molar-refractivity contribution is 0.309. The van der Waals surface area contributed by atoms with E-state index in [4.69, 9.17) is 15.5 Å². The molecule has 0 fully saturated rings. The highest BCUT2D eigenvalue weighted by molar-refractivity contribution is 5.85. The van der Waals surface area contributed by atoms with E-state index in [1.54, 1.807) is 6.20 Å². The predicted molar refractivity (Wildman–Crippen MR) is 102 cm³/mol. The van der Waals surface area contributed by atoms with E-state index in [0.717, 1.165) is 47.8 Å². The van der Waals surface area contributed by atoms with Crippen molar-refractivity contribution < 1.29 is 4.74 Å². The zero-order chi connectivity index (χ0) is 18.0. The van der Waals surface area contributed by atoms with Crippen LogP contribution in [0, 0.1) is 0 Å². The number of unbranched alkanes of at least 4 members (excludes halogenated alkanes) is 1. The number of aromatic nitrogens is 3. The van der Waals surface area contributed by atoms with E-state index in [9.17, 15) is 0 Å². The fourth-order valence-corrected chi connectivity index (χ4v) is 2.86. The Bertz CT molecular complexity index is 877. The summed E-state index contributed by atoms with van der Waals surface area (Å²) in [4.78, 5) is 9.17. The number of nitrogens with zero attached hydrogens (tertiary/aromatic N) is 3. The van der Waals surface area contributed by atoms with Crippen LogP contribution in [0.4, 0.5) is 5.82 Å². The van der Waals surface area contributed by atoms with E-state index in [-0.39, 0.29) is 5.41 Å². The van der Waals surface area contributed by atoms with Gasteiger partial charge in [0, 0.05) is 23.4 Å². The van der Waals surface area contributed by atoms with Gasteiger partial charge in [0.25, 0.3) is 0 Å². The molecule has 2 N–H and O–H groups in total. The van der Waals surface area contributed by atoms with Gasteiger partial charge in [-0.25, -0.2) is 9.97 Å². The Hall–Kier alpha value is -2.56. The number of imidazole rings is 1. The Morgan fingerprint density at radius 1 is 1.24 bits per heavy atom. The number of nitrogen functional groups attached to an aromatic ring is 1. The highest BCUT2D eigenvalue weighted by Crippen LogP contribution is 2.33. The smallest absolute Gasteiger partial charge is 0.150 e. The van der Waals surface area contributed by atoms with Crippen molar-refractivity contribution in [1.29, 1.82) is 0 Å². The average molecular weight is 338 g/mol. The Labute approximate surface area is 148 Å². The van der Waals surface area contributed by atoms with Crippen LogP contribution in [0.3, 0.4) is 0 Å². The molecule has 0 atom stereocenters. The van der Waals surface area contributed by atoms with Crippen molar-refractivity contribution in [2.45, 2.75) is 46.0 Å². The van der Waals surface area contributed by atoms with Crippen LogP contribution < -0.4 is 10.5 Å². The summed E-state index contributed by atoms with van der Waals surface area (Å²) in [5.74, 6) is 2.30. The number of anilines is 1. The number of hydrogen-bond acceptors (Lipinski definition) is 4. The maximum atomic E-state index is 6.18. The molecule has 0 aliphatic rings. The molecule has 0 unspecified atom stereocenters. The van der Waals surface area contributed by atoms with Crippen molar-refractivity contribution in [1.82, 2.24) is 14.4 Å². The molecule has 5 heteroatoms. The highest BCUT2D eigenvalue weighted by atomic mass is 16.5. The first-order chi connectivity index (χ1) is 11.9. The van der Waals surface area contributed by atoms with Crippen LogP contribution in [0.1, 0.15) is 46.4 Å². The summed E-state index contributed by atoms with van der Waals surface area (Å²) in [7, 11) is 0. The van der Waals surface area contributed by atoms with Gasteiger partial charge in [-0.05, 0) is 18.6 Å². The molecule has 0 amide bonds. The zero-order valence-corrected chi connectivity index (χ0v) is 15.4. The zero-order valence-electron chi connectivity index (χ0n) is 15.4. The number of ether oxygens (including phenoxy) is 1. The lowest BCUT2D eigenvalue weighted by Crippen LogP contribution is -2.16. The average Bonchev–Trinajstić information content (AvgIpc) is 2.97. The second-order valence-corrected chi connectivity index (χ2v) is 7.29. The van der Waals surface area contributed by atoms with Crippen molar-refractivity contribution in [2.75, 3.05) is 12.3 Å². The van der Waals surface area contributed by atoms with Gasteiger partial charge in [0.1, 0.15) is 28.6 Å². The third-order valence-corrected chi connectivity index (χ3v) is 4.13.